The zero-order valence-corrected chi connectivity index (χ0v) is 27.5. The van der Waals surface area contributed by atoms with E-state index in [0.717, 1.165) is 30.9 Å². The second-order valence-corrected chi connectivity index (χ2v) is 11.8. The van der Waals surface area contributed by atoms with Gasteiger partial charge in [-0.25, -0.2) is 18.6 Å². The Morgan fingerprint density at radius 1 is 0.936 bits per heavy atom. The molecule has 47 heavy (non-hydrogen) atoms. The quantitative estimate of drug-likeness (QED) is 0.131. The highest BCUT2D eigenvalue weighted by Gasteiger charge is 2.26. The second kappa shape index (κ2) is 16.9. The molecule has 0 bridgehead atoms. The number of nitrogens with one attached hydrogen (secondary N) is 1. The molecule has 3 N–H and O–H groups in total. The van der Waals surface area contributed by atoms with Crippen LogP contribution < -0.4 is 11.1 Å². The summed E-state index contributed by atoms with van der Waals surface area (Å²) in [6, 6.07) is 15.3. The fourth-order valence-electron chi connectivity index (χ4n) is 5.45. The molecule has 0 spiro atoms. The van der Waals surface area contributed by atoms with Gasteiger partial charge in [-0.15, -0.1) is 0 Å². The van der Waals surface area contributed by atoms with Crippen LogP contribution >= 0.6 is 0 Å². The number of benzene rings is 3. The number of esters is 1. The molecule has 10 heteroatoms. The smallest absolute Gasteiger partial charge is 0.338 e. The maximum atomic E-state index is 14.0. The molecule has 3 aromatic carbocycles. The summed E-state index contributed by atoms with van der Waals surface area (Å²) in [7, 11) is 0. The first-order chi connectivity index (χ1) is 22.6. The van der Waals surface area contributed by atoms with Gasteiger partial charge in [0.05, 0.1) is 11.3 Å². The predicted octanol–water partition coefficient (Wildman–Crippen LogP) is 6.64. The lowest BCUT2D eigenvalue weighted by molar-refractivity contribution is 0.0238. The van der Waals surface area contributed by atoms with Crippen molar-refractivity contribution in [1.82, 2.24) is 15.2 Å². The first-order valence-electron chi connectivity index (χ1n) is 16.2. The van der Waals surface area contributed by atoms with Crippen molar-refractivity contribution in [2.24, 2.45) is 5.73 Å². The van der Waals surface area contributed by atoms with Crippen LogP contribution in [0.3, 0.4) is 0 Å². The third kappa shape index (κ3) is 10.0. The first-order valence-corrected chi connectivity index (χ1v) is 16.2. The molecule has 0 aliphatic heterocycles. The van der Waals surface area contributed by atoms with E-state index in [1.54, 1.807) is 24.0 Å². The lowest BCUT2D eigenvalue weighted by Crippen LogP contribution is -2.46. The van der Waals surface area contributed by atoms with Gasteiger partial charge in [-0.05, 0) is 79.6 Å². The minimum Gasteiger partial charge on any atom is -0.456 e. The molecule has 0 saturated carbocycles. The lowest BCUT2D eigenvalue weighted by Gasteiger charge is -2.25. The van der Waals surface area contributed by atoms with Gasteiger partial charge in [-0.3, -0.25) is 4.79 Å². The Hall–Kier alpha value is -4.41. The Kier molecular flexibility index (Phi) is 12.8. The molecule has 1 aromatic heterocycles. The van der Waals surface area contributed by atoms with Crippen LogP contribution in [-0.2, 0) is 24.1 Å². The number of aryl methyl sites for hydroxylation is 2. The van der Waals surface area contributed by atoms with Crippen molar-refractivity contribution >= 4 is 11.9 Å². The summed E-state index contributed by atoms with van der Waals surface area (Å²) in [4.78, 5) is 33.6. The largest absolute Gasteiger partial charge is 0.456 e. The van der Waals surface area contributed by atoms with E-state index in [-0.39, 0.29) is 30.3 Å². The maximum absolute atomic E-state index is 14.0. The average molecular weight is 647 g/mol. The molecule has 2 atom stereocenters. The number of nitrogens with two attached hydrogens (primary N) is 1. The molecule has 0 aliphatic carbocycles. The van der Waals surface area contributed by atoms with Gasteiger partial charge in [0, 0.05) is 49.4 Å². The summed E-state index contributed by atoms with van der Waals surface area (Å²) in [6.07, 6.45) is 3.13. The fraction of sp³-hybridized carbons (Fsp3) is 0.378. The third-order valence-corrected chi connectivity index (χ3v) is 7.76. The maximum Gasteiger partial charge on any atom is 0.338 e. The first kappa shape index (κ1) is 35.4. The molecule has 4 aromatic rings. The molecule has 0 radical (unpaired) electrons. The van der Waals surface area contributed by atoms with Crippen LogP contribution in [0.5, 0.6) is 0 Å². The van der Waals surface area contributed by atoms with Crippen molar-refractivity contribution < 1.29 is 27.5 Å². The SMILES string of the molecule is CCCN(CCC)C(=O)c1cc(C(=O)O[C@H](CNCc2cccc(CC)c2)[C@@H](N)Cc2cc(F)cc(F)c2)cc(-c2nc(C)co2)c1. The molecule has 8 nitrogen and oxygen atoms in total. The van der Waals surface area contributed by atoms with Gasteiger partial charge in [0.2, 0.25) is 5.89 Å². The highest BCUT2D eigenvalue weighted by molar-refractivity contribution is 5.99. The normalized spacial score (nSPS) is 12.5. The van der Waals surface area contributed by atoms with Crippen LogP contribution in [0, 0.1) is 18.6 Å². The molecule has 250 valence electrons. The molecule has 1 heterocycles. The zero-order chi connectivity index (χ0) is 33.9. The van der Waals surface area contributed by atoms with E-state index in [0.29, 0.717) is 42.0 Å². The van der Waals surface area contributed by atoms with E-state index in [1.807, 2.05) is 26.0 Å². The van der Waals surface area contributed by atoms with Gasteiger partial charge in [-0.2, -0.15) is 0 Å². The Balaban J connectivity index is 1.63. The van der Waals surface area contributed by atoms with Gasteiger partial charge < -0.3 is 25.1 Å². The summed E-state index contributed by atoms with van der Waals surface area (Å²) in [5.74, 6) is -2.09. The van der Waals surface area contributed by atoms with Crippen LogP contribution in [0.2, 0.25) is 0 Å². The molecule has 0 unspecified atom stereocenters. The number of ether oxygens (including phenoxy) is 1. The van der Waals surface area contributed by atoms with Crippen molar-refractivity contribution in [3.8, 4) is 11.5 Å². The van der Waals surface area contributed by atoms with Crippen molar-refractivity contribution in [2.45, 2.75) is 72.1 Å². The number of oxazole rings is 1. The number of halogens is 2. The van der Waals surface area contributed by atoms with Gasteiger partial charge >= 0.3 is 5.97 Å². The minimum absolute atomic E-state index is 0.0575. The highest BCUT2D eigenvalue weighted by atomic mass is 19.1. The van der Waals surface area contributed by atoms with Crippen molar-refractivity contribution in [1.29, 1.82) is 0 Å². The summed E-state index contributed by atoms with van der Waals surface area (Å²) in [5.41, 5.74) is 10.7. The van der Waals surface area contributed by atoms with Crippen LogP contribution in [0.25, 0.3) is 11.5 Å². The topological polar surface area (TPSA) is 111 Å². The summed E-state index contributed by atoms with van der Waals surface area (Å²) >= 11 is 0. The Bertz CT molecular complexity index is 1630. The fourth-order valence-corrected chi connectivity index (χ4v) is 5.45. The van der Waals surface area contributed by atoms with Crippen LogP contribution in [0.1, 0.15) is 76.7 Å². The molecular weight excluding hydrogens is 602 g/mol. The number of hydrogen-bond donors (Lipinski definition) is 2. The summed E-state index contributed by atoms with van der Waals surface area (Å²) < 4.78 is 39.6. The van der Waals surface area contributed by atoms with Gasteiger partial charge in [0.15, 0.2) is 0 Å². The van der Waals surface area contributed by atoms with E-state index < -0.39 is 29.7 Å². The Morgan fingerprint density at radius 3 is 2.26 bits per heavy atom. The van der Waals surface area contributed by atoms with Crippen molar-refractivity contribution in [2.75, 3.05) is 19.6 Å². The highest BCUT2D eigenvalue weighted by Crippen LogP contribution is 2.24. The standard InChI is InChI=1S/C37H44F2N4O4/c1-5-11-43(12-6-2)36(44)29-17-28(35-42-24(4)23-46-35)18-30(19-29)37(45)47-34(22-41-21-26-10-8-9-25(7-3)13-26)33(40)16-27-14-31(38)20-32(39)15-27/h8-10,13-15,17-20,23,33-34,41H,5-7,11-12,16,21-22,40H2,1-4H3/t33-,34+/m0/s1. The number of amides is 1. The third-order valence-electron chi connectivity index (χ3n) is 7.76. The van der Waals surface area contributed by atoms with Crippen molar-refractivity contribution in [3.05, 3.63) is 112 Å². The average Bonchev–Trinajstić information content (AvgIpc) is 3.49. The molecule has 4 rings (SSSR count). The molecule has 0 aliphatic rings. The number of nitrogens with zero attached hydrogens (tertiary/aromatic N) is 2. The van der Waals surface area contributed by atoms with Crippen molar-refractivity contribution in [3.63, 3.8) is 0 Å². The van der Waals surface area contributed by atoms with Gasteiger partial charge in [-0.1, -0.05) is 45.0 Å². The van der Waals surface area contributed by atoms with Crippen LogP contribution in [0.4, 0.5) is 8.78 Å². The summed E-state index contributed by atoms with van der Waals surface area (Å²) in [5, 5.41) is 3.32. The molecule has 0 fully saturated rings. The Morgan fingerprint density at radius 2 is 1.62 bits per heavy atom. The summed E-state index contributed by atoms with van der Waals surface area (Å²) in [6.45, 7) is 9.67. The Labute approximate surface area is 275 Å². The minimum atomic E-state index is -0.883. The van der Waals surface area contributed by atoms with E-state index in [1.165, 1.54) is 30.0 Å². The van der Waals surface area contributed by atoms with E-state index in [4.69, 9.17) is 14.9 Å². The van der Waals surface area contributed by atoms with E-state index in [2.05, 4.69) is 29.4 Å². The van der Waals surface area contributed by atoms with Crippen LogP contribution in [-0.4, -0.2) is 53.5 Å². The van der Waals surface area contributed by atoms with Gasteiger partial charge in [0.1, 0.15) is 24.0 Å². The zero-order valence-electron chi connectivity index (χ0n) is 27.5. The number of carbonyl (C=O) groups excluding carboxylic acids is 2. The number of aromatic nitrogens is 1. The monoisotopic (exact) mass is 646 g/mol. The number of carbonyl (C=O) groups is 2. The van der Waals surface area contributed by atoms with E-state index >= 15 is 0 Å². The second-order valence-electron chi connectivity index (χ2n) is 11.8. The number of hydrogen-bond acceptors (Lipinski definition) is 7. The predicted molar refractivity (Wildman–Crippen MR) is 178 cm³/mol. The van der Waals surface area contributed by atoms with Crippen LogP contribution in [0.15, 0.2) is 71.3 Å². The van der Waals surface area contributed by atoms with Gasteiger partial charge in [0.25, 0.3) is 5.91 Å². The molecule has 0 saturated heterocycles. The number of rotatable bonds is 16. The van der Waals surface area contributed by atoms with E-state index in [9.17, 15) is 18.4 Å². The lowest BCUT2D eigenvalue weighted by atomic mass is 10.0. The molecular formula is C37H44F2N4O4. The molecule has 1 amide bonds.